The fourth-order valence-corrected chi connectivity index (χ4v) is 4.08. The lowest BCUT2D eigenvalue weighted by Crippen LogP contribution is -2.34. The zero-order valence-corrected chi connectivity index (χ0v) is 20.2. The van der Waals surface area contributed by atoms with E-state index in [4.69, 9.17) is 24.7 Å². The minimum Gasteiger partial charge on any atom is -0.493 e. The first-order valence-corrected chi connectivity index (χ1v) is 11.7. The van der Waals surface area contributed by atoms with Crippen LogP contribution in [0, 0.1) is 12.8 Å². The van der Waals surface area contributed by atoms with Gasteiger partial charge in [0, 0.05) is 11.5 Å². The van der Waals surface area contributed by atoms with E-state index in [9.17, 15) is 9.90 Å². The maximum atomic E-state index is 13.2. The zero-order chi connectivity index (χ0) is 24.2. The third-order valence-electron chi connectivity index (χ3n) is 6.08. The first-order valence-electron chi connectivity index (χ1n) is 11.7. The van der Waals surface area contributed by atoms with Gasteiger partial charge >= 0.3 is 5.97 Å². The molecule has 2 aliphatic rings. The molecule has 0 saturated carbocycles. The SMILES string of the molecule is Cc1ccc(OCCCN)c2c1C(=O)O[C@@H](C)[C@H](C)/C=C\C(O)[C@H]1OC(C)(C)O[C@H]1C/C=C/2. The van der Waals surface area contributed by atoms with Gasteiger partial charge in [0.05, 0.1) is 18.3 Å². The van der Waals surface area contributed by atoms with Gasteiger partial charge in [-0.25, -0.2) is 4.79 Å². The van der Waals surface area contributed by atoms with Crippen molar-refractivity contribution in [2.45, 2.75) is 77.7 Å². The number of aryl methyl sites for hydroxylation is 1. The maximum Gasteiger partial charge on any atom is 0.339 e. The normalized spacial score (nSPS) is 31.6. The van der Waals surface area contributed by atoms with Crippen molar-refractivity contribution in [3.05, 3.63) is 47.1 Å². The van der Waals surface area contributed by atoms with E-state index in [1.165, 1.54) is 0 Å². The molecule has 0 spiro atoms. The highest BCUT2D eigenvalue weighted by atomic mass is 16.8. The Morgan fingerprint density at radius 2 is 1.97 bits per heavy atom. The Balaban J connectivity index is 2.03. The second kappa shape index (κ2) is 10.8. The van der Waals surface area contributed by atoms with Crippen LogP contribution in [0.15, 0.2) is 30.4 Å². The number of hydrogen-bond acceptors (Lipinski definition) is 7. The van der Waals surface area contributed by atoms with Crippen molar-refractivity contribution in [2.75, 3.05) is 13.2 Å². The number of ether oxygens (including phenoxy) is 4. The van der Waals surface area contributed by atoms with Crippen LogP contribution in [0.2, 0.25) is 0 Å². The average Bonchev–Trinajstić information content (AvgIpc) is 3.07. The molecular weight excluding hydrogens is 422 g/mol. The lowest BCUT2D eigenvalue weighted by atomic mass is 9.97. The second-order valence-electron chi connectivity index (χ2n) is 9.28. The fourth-order valence-electron chi connectivity index (χ4n) is 4.08. The highest BCUT2D eigenvalue weighted by Crippen LogP contribution is 2.34. The molecule has 0 aliphatic carbocycles. The van der Waals surface area contributed by atoms with Gasteiger partial charge in [0.2, 0.25) is 0 Å². The second-order valence-corrected chi connectivity index (χ2v) is 9.28. The largest absolute Gasteiger partial charge is 0.493 e. The average molecular weight is 460 g/mol. The number of fused-ring (bicyclic) bond motifs is 2. The first-order chi connectivity index (χ1) is 15.6. The molecule has 0 amide bonds. The molecule has 1 aromatic carbocycles. The van der Waals surface area contributed by atoms with Gasteiger partial charge in [-0.3, -0.25) is 0 Å². The van der Waals surface area contributed by atoms with Gasteiger partial charge in [0.1, 0.15) is 24.1 Å². The number of esters is 1. The molecule has 1 aromatic rings. The van der Waals surface area contributed by atoms with Crippen LogP contribution >= 0.6 is 0 Å². The number of benzene rings is 1. The molecule has 7 heteroatoms. The molecular formula is C26H37NO6. The van der Waals surface area contributed by atoms with E-state index in [2.05, 4.69) is 0 Å². The number of aliphatic hydroxyl groups excluding tert-OH is 1. The number of rotatable bonds is 4. The summed E-state index contributed by atoms with van der Waals surface area (Å²) in [6.07, 6.45) is 6.48. The summed E-state index contributed by atoms with van der Waals surface area (Å²) in [6.45, 7) is 10.3. The Kier molecular flexibility index (Phi) is 8.34. The molecule has 7 nitrogen and oxygen atoms in total. The molecule has 1 saturated heterocycles. The molecule has 2 heterocycles. The van der Waals surface area contributed by atoms with Gasteiger partial charge in [-0.1, -0.05) is 37.3 Å². The monoisotopic (exact) mass is 459 g/mol. The third kappa shape index (κ3) is 6.23. The van der Waals surface area contributed by atoms with Crippen molar-refractivity contribution in [1.82, 2.24) is 0 Å². The fraction of sp³-hybridized carbons (Fsp3) is 0.577. The van der Waals surface area contributed by atoms with E-state index in [-0.39, 0.29) is 12.0 Å². The standard InChI is InChI=1S/C26H37NO6/c1-16-10-12-20(28)24-22(32-26(4,5)33-24)9-6-8-19-21(30-15-7-14-27)13-11-17(2)23(19)25(29)31-18(16)3/h6,8,10-13,16,18,20,22,24,28H,7,9,14-15,27H2,1-5H3/b8-6+,12-10-/t16-,18+,20?,22+,24-/m1/s1. The number of nitrogens with two attached hydrogens (primary N) is 1. The highest BCUT2D eigenvalue weighted by molar-refractivity contribution is 5.96. The molecule has 1 fully saturated rings. The van der Waals surface area contributed by atoms with Gasteiger partial charge < -0.3 is 29.8 Å². The molecule has 5 atom stereocenters. The summed E-state index contributed by atoms with van der Waals surface area (Å²) in [5.41, 5.74) is 7.57. The van der Waals surface area contributed by atoms with Crippen molar-refractivity contribution in [2.24, 2.45) is 11.7 Å². The van der Waals surface area contributed by atoms with E-state index in [0.717, 1.165) is 5.56 Å². The summed E-state index contributed by atoms with van der Waals surface area (Å²) in [4.78, 5) is 13.2. The van der Waals surface area contributed by atoms with Crippen molar-refractivity contribution >= 4 is 12.0 Å². The molecule has 33 heavy (non-hydrogen) atoms. The summed E-state index contributed by atoms with van der Waals surface area (Å²) < 4.78 is 23.8. The zero-order valence-electron chi connectivity index (χ0n) is 20.2. The first kappa shape index (κ1) is 25.4. The minimum atomic E-state index is -0.844. The molecule has 182 valence electrons. The van der Waals surface area contributed by atoms with Gasteiger partial charge in [-0.05, 0) is 58.7 Å². The molecule has 3 rings (SSSR count). The van der Waals surface area contributed by atoms with E-state index in [0.29, 0.717) is 42.9 Å². The Hall–Kier alpha value is -2.19. The van der Waals surface area contributed by atoms with Gasteiger partial charge in [-0.15, -0.1) is 0 Å². The maximum absolute atomic E-state index is 13.2. The number of carbonyl (C=O) groups excluding carboxylic acids is 1. The Labute approximate surface area is 196 Å². The Bertz CT molecular complexity index is 893. The molecule has 3 N–H and O–H groups in total. The van der Waals surface area contributed by atoms with Crippen molar-refractivity contribution in [1.29, 1.82) is 0 Å². The highest BCUT2D eigenvalue weighted by Gasteiger charge is 2.43. The van der Waals surface area contributed by atoms with Crippen LogP contribution in [0.3, 0.4) is 0 Å². The number of carbonyl (C=O) groups is 1. The van der Waals surface area contributed by atoms with E-state index >= 15 is 0 Å². The van der Waals surface area contributed by atoms with Crippen molar-refractivity contribution in [3.8, 4) is 5.75 Å². The smallest absolute Gasteiger partial charge is 0.339 e. The van der Waals surface area contributed by atoms with Crippen molar-refractivity contribution in [3.63, 3.8) is 0 Å². The van der Waals surface area contributed by atoms with Gasteiger partial charge in [0.25, 0.3) is 0 Å². The van der Waals surface area contributed by atoms with Crippen LogP contribution in [-0.4, -0.2) is 54.4 Å². The Morgan fingerprint density at radius 3 is 2.70 bits per heavy atom. The predicted octanol–water partition coefficient (Wildman–Crippen LogP) is 3.76. The molecule has 2 aliphatic heterocycles. The minimum absolute atomic E-state index is 0.108. The number of hydrogen-bond donors (Lipinski definition) is 2. The van der Waals surface area contributed by atoms with Crippen LogP contribution in [-0.2, 0) is 14.2 Å². The van der Waals surface area contributed by atoms with Crippen LogP contribution in [0.1, 0.15) is 62.0 Å². The van der Waals surface area contributed by atoms with E-state index in [1.54, 1.807) is 6.08 Å². The van der Waals surface area contributed by atoms with Crippen LogP contribution in [0.4, 0.5) is 0 Å². The Morgan fingerprint density at radius 1 is 1.21 bits per heavy atom. The number of aliphatic hydroxyl groups is 1. The van der Waals surface area contributed by atoms with Crippen molar-refractivity contribution < 1.29 is 28.8 Å². The summed E-state index contributed by atoms with van der Waals surface area (Å²) in [5, 5.41) is 10.8. The van der Waals surface area contributed by atoms with E-state index in [1.807, 2.05) is 65.0 Å². The molecule has 1 unspecified atom stereocenters. The summed E-state index contributed by atoms with van der Waals surface area (Å²) in [5.74, 6) is -0.704. The predicted molar refractivity (Wildman–Crippen MR) is 127 cm³/mol. The molecule has 0 radical (unpaired) electrons. The van der Waals surface area contributed by atoms with Crippen LogP contribution in [0.25, 0.3) is 6.08 Å². The lowest BCUT2D eigenvalue weighted by molar-refractivity contribution is -0.152. The van der Waals surface area contributed by atoms with Crippen LogP contribution < -0.4 is 10.5 Å². The summed E-state index contributed by atoms with van der Waals surface area (Å²) >= 11 is 0. The summed E-state index contributed by atoms with van der Waals surface area (Å²) in [6, 6.07) is 3.73. The lowest BCUT2D eigenvalue weighted by Gasteiger charge is -2.23. The van der Waals surface area contributed by atoms with Gasteiger partial charge in [0.15, 0.2) is 5.79 Å². The molecule has 0 aromatic heterocycles. The topological polar surface area (TPSA) is 100 Å². The number of cyclic esters (lactones) is 1. The summed E-state index contributed by atoms with van der Waals surface area (Å²) in [7, 11) is 0. The van der Waals surface area contributed by atoms with E-state index < -0.39 is 30.1 Å². The van der Waals surface area contributed by atoms with Gasteiger partial charge in [-0.2, -0.15) is 0 Å². The third-order valence-corrected chi connectivity index (χ3v) is 6.08. The van der Waals surface area contributed by atoms with Crippen LogP contribution in [0.5, 0.6) is 5.75 Å². The molecule has 0 bridgehead atoms. The quantitative estimate of drug-likeness (QED) is 0.402.